The van der Waals surface area contributed by atoms with Crippen LogP contribution in [0.3, 0.4) is 0 Å². The van der Waals surface area contributed by atoms with Crippen LogP contribution in [0.25, 0.3) is 0 Å². The van der Waals surface area contributed by atoms with Crippen molar-refractivity contribution in [1.29, 1.82) is 0 Å². The van der Waals surface area contributed by atoms with Gasteiger partial charge in [-0.3, -0.25) is 4.79 Å². The third-order valence-electron chi connectivity index (χ3n) is 3.75. The van der Waals surface area contributed by atoms with Crippen molar-refractivity contribution in [2.24, 2.45) is 16.0 Å². The standard InChI is InChI=1S/C19H21N3O2/c1-3-6-18(23)15(12-20)14-9-10-19(24)17(11-14)22-21-16-8-5-4-7-13(16)2/h3-5,7-11,15,24H,1,6,12,20H2,2H3. The summed E-state index contributed by atoms with van der Waals surface area (Å²) in [6, 6.07) is 12.4. The first-order valence-electron chi connectivity index (χ1n) is 7.70. The maximum absolute atomic E-state index is 12.1. The summed E-state index contributed by atoms with van der Waals surface area (Å²) in [6.07, 6.45) is 1.81. The lowest BCUT2D eigenvalue weighted by molar-refractivity contribution is -0.119. The average Bonchev–Trinajstić information content (AvgIpc) is 2.57. The minimum Gasteiger partial charge on any atom is -0.506 e. The number of ketones is 1. The zero-order chi connectivity index (χ0) is 17.5. The Balaban J connectivity index is 2.33. The van der Waals surface area contributed by atoms with E-state index >= 15 is 0 Å². The second-order valence-corrected chi connectivity index (χ2v) is 5.48. The molecule has 0 aliphatic carbocycles. The number of benzene rings is 2. The molecular formula is C19H21N3O2. The molecule has 0 heterocycles. The molecule has 3 N–H and O–H groups in total. The van der Waals surface area contributed by atoms with Crippen LogP contribution in [0.4, 0.5) is 11.4 Å². The molecule has 2 aromatic carbocycles. The molecule has 0 spiro atoms. The van der Waals surface area contributed by atoms with Crippen LogP contribution in [-0.2, 0) is 4.79 Å². The Labute approximate surface area is 141 Å². The van der Waals surface area contributed by atoms with Crippen molar-refractivity contribution in [2.75, 3.05) is 6.54 Å². The van der Waals surface area contributed by atoms with Crippen molar-refractivity contribution in [3.63, 3.8) is 0 Å². The fourth-order valence-corrected chi connectivity index (χ4v) is 2.36. The van der Waals surface area contributed by atoms with E-state index in [0.717, 1.165) is 11.3 Å². The summed E-state index contributed by atoms with van der Waals surface area (Å²) in [4.78, 5) is 12.1. The van der Waals surface area contributed by atoms with E-state index in [4.69, 9.17) is 5.73 Å². The Morgan fingerprint density at radius 1 is 1.25 bits per heavy atom. The Hall–Kier alpha value is -2.79. The maximum Gasteiger partial charge on any atom is 0.145 e. The van der Waals surface area contributed by atoms with Gasteiger partial charge in [-0.05, 0) is 36.2 Å². The van der Waals surface area contributed by atoms with Gasteiger partial charge in [0.1, 0.15) is 17.2 Å². The quantitative estimate of drug-likeness (QED) is 0.588. The zero-order valence-electron chi connectivity index (χ0n) is 13.6. The lowest BCUT2D eigenvalue weighted by Crippen LogP contribution is -2.21. The van der Waals surface area contributed by atoms with E-state index in [1.165, 1.54) is 6.07 Å². The zero-order valence-corrected chi connectivity index (χ0v) is 13.6. The van der Waals surface area contributed by atoms with Gasteiger partial charge < -0.3 is 10.8 Å². The van der Waals surface area contributed by atoms with Crippen LogP contribution in [0, 0.1) is 6.92 Å². The number of carbonyl (C=O) groups is 1. The van der Waals surface area contributed by atoms with Gasteiger partial charge in [-0.25, -0.2) is 0 Å². The van der Waals surface area contributed by atoms with Crippen molar-refractivity contribution >= 4 is 17.2 Å². The molecule has 0 amide bonds. The fourth-order valence-electron chi connectivity index (χ4n) is 2.36. The molecule has 0 aromatic heterocycles. The number of aromatic hydroxyl groups is 1. The second kappa shape index (κ2) is 8.17. The minimum absolute atomic E-state index is 0.00280. The third kappa shape index (κ3) is 4.14. The summed E-state index contributed by atoms with van der Waals surface area (Å²) in [5.74, 6) is -0.459. The topological polar surface area (TPSA) is 88.0 Å². The summed E-state index contributed by atoms with van der Waals surface area (Å²) >= 11 is 0. The lowest BCUT2D eigenvalue weighted by atomic mass is 9.92. The van der Waals surface area contributed by atoms with Gasteiger partial charge >= 0.3 is 0 Å². The van der Waals surface area contributed by atoms with Crippen molar-refractivity contribution < 1.29 is 9.90 Å². The van der Waals surface area contributed by atoms with Crippen LogP contribution >= 0.6 is 0 Å². The lowest BCUT2D eigenvalue weighted by Gasteiger charge is -2.14. The molecule has 5 nitrogen and oxygen atoms in total. The average molecular weight is 323 g/mol. The molecule has 24 heavy (non-hydrogen) atoms. The van der Waals surface area contributed by atoms with Crippen molar-refractivity contribution in [3.05, 3.63) is 66.2 Å². The van der Waals surface area contributed by atoms with Crippen molar-refractivity contribution in [2.45, 2.75) is 19.3 Å². The predicted molar refractivity (Wildman–Crippen MR) is 95.1 cm³/mol. The first-order chi connectivity index (χ1) is 11.6. The highest BCUT2D eigenvalue weighted by atomic mass is 16.3. The Morgan fingerprint density at radius 3 is 2.62 bits per heavy atom. The van der Waals surface area contributed by atoms with Gasteiger partial charge in [0.2, 0.25) is 0 Å². The molecule has 1 atom stereocenters. The SMILES string of the molecule is C=CCC(=O)C(CN)c1ccc(O)c(N=Nc2ccccc2C)c1. The number of rotatable bonds is 7. The van der Waals surface area contributed by atoms with E-state index in [9.17, 15) is 9.90 Å². The van der Waals surface area contributed by atoms with E-state index in [1.54, 1.807) is 18.2 Å². The number of aryl methyl sites for hydroxylation is 1. The second-order valence-electron chi connectivity index (χ2n) is 5.48. The Kier molecular flexibility index (Phi) is 5.98. The van der Waals surface area contributed by atoms with Gasteiger partial charge in [0, 0.05) is 13.0 Å². The number of hydrogen-bond acceptors (Lipinski definition) is 5. The van der Waals surface area contributed by atoms with E-state index in [0.29, 0.717) is 11.3 Å². The Morgan fingerprint density at radius 2 is 1.96 bits per heavy atom. The third-order valence-corrected chi connectivity index (χ3v) is 3.75. The van der Waals surface area contributed by atoms with Gasteiger partial charge in [0.05, 0.1) is 11.6 Å². The molecule has 2 rings (SSSR count). The number of phenols is 1. The van der Waals surface area contributed by atoms with Crippen molar-refractivity contribution in [3.8, 4) is 5.75 Å². The molecule has 5 heteroatoms. The molecule has 0 bridgehead atoms. The minimum atomic E-state index is -0.448. The van der Waals surface area contributed by atoms with Crippen LogP contribution in [0.5, 0.6) is 5.75 Å². The summed E-state index contributed by atoms with van der Waals surface area (Å²) in [7, 11) is 0. The van der Waals surface area contributed by atoms with Gasteiger partial charge in [-0.2, -0.15) is 5.11 Å². The van der Waals surface area contributed by atoms with E-state index in [-0.39, 0.29) is 24.5 Å². The predicted octanol–water partition coefficient (Wildman–Crippen LogP) is 4.30. The van der Waals surface area contributed by atoms with Crippen LogP contribution in [-0.4, -0.2) is 17.4 Å². The molecule has 0 aliphatic rings. The highest BCUT2D eigenvalue weighted by Gasteiger charge is 2.19. The molecule has 0 saturated carbocycles. The van der Waals surface area contributed by atoms with Gasteiger partial charge in [0.25, 0.3) is 0 Å². The van der Waals surface area contributed by atoms with Gasteiger partial charge in [-0.1, -0.05) is 30.3 Å². The Bertz CT molecular complexity index is 769. The number of carbonyl (C=O) groups excluding carboxylic acids is 1. The number of allylic oxidation sites excluding steroid dienone is 1. The molecular weight excluding hydrogens is 302 g/mol. The normalized spacial score (nSPS) is 12.2. The van der Waals surface area contributed by atoms with E-state index in [2.05, 4.69) is 16.8 Å². The van der Waals surface area contributed by atoms with E-state index in [1.807, 2.05) is 31.2 Å². The first kappa shape index (κ1) is 17.6. The first-order valence-corrected chi connectivity index (χ1v) is 7.70. The van der Waals surface area contributed by atoms with Crippen LogP contribution < -0.4 is 5.73 Å². The molecule has 0 saturated heterocycles. The van der Waals surface area contributed by atoms with Gasteiger partial charge in [-0.15, -0.1) is 11.7 Å². The summed E-state index contributed by atoms with van der Waals surface area (Å²) in [5, 5.41) is 18.3. The molecule has 0 radical (unpaired) electrons. The van der Waals surface area contributed by atoms with Crippen molar-refractivity contribution in [1.82, 2.24) is 0 Å². The van der Waals surface area contributed by atoms with Gasteiger partial charge in [0.15, 0.2) is 0 Å². The maximum atomic E-state index is 12.1. The summed E-state index contributed by atoms with van der Waals surface area (Å²) in [5.41, 5.74) is 8.46. The van der Waals surface area contributed by atoms with E-state index < -0.39 is 5.92 Å². The summed E-state index contributed by atoms with van der Waals surface area (Å²) < 4.78 is 0. The monoisotopic (exact) mass is 323 g/mol. The summed E-state index contributed by atoms with van der Waals surface area (Å²) in [6.45, 7) is 5.70. The number of nitrogens with two attached hydrogens (primary N) is 1. The largest absolute Gasteiger partial charge is 0.506 e. The number of nitrogens with zero attached hydrogens (tertiary/aromatic N) is 2. The molecule has 2 aromatic rings. The molecule has 0 aliphatic heterocycles. The number of phenolic OH excluding ortho intramolecular Hbond substituents is 1. The van der Waals surface area contributed by atoms with Crippen LogP contribution in [0.1, 0.15) is 23.5 Å². The smallest absolute Gasteiger partial charge is 0.145 e. The highest BCUT2D eigenvalue weighted by molar-refractivity contribution is 5.87. The number of hydrogen-bond donors (Lipinski definition) is 2. The molecule has 1 unspecified atom stereocenters. The van der Waals surface area contributed by atoms with Crippen LogP contribution in [0.2, 0.25) is 0 Å². The number of azo groups is 1. The fraction of sp³-hybridized carbons (Fsp3) is 0.211. The highest BCUT2D eigenvalue weighted by Crippen LogP contribution is 2.32. The number of Topliss-reactive ketones (excluding diaryl/α,β-unsaturated/α-hetero) is 1. The van der Waals surface area contributed by atoms with Crippen LogP contribution in [0.15, 0.2) is 65.3 Å². The molecule has 0 fully saturated rings. The molecule has 124 valence electrons.